The highest BCUT2D eigenvalue weighted by Crippen LogP contribution is 2.28. The number of aliphatic hydroxyl groups excluding tert-OH is 1. The summed E-state index contributed by atoms with van der Waals surface area (Å²) in [5, 5.41) is 21.8. The molecule has 1 amide bonds. The van der Waals surface area contributed by atoms with E-state index in [9.17, 15) is 14.7 Å². The van der Waals surface area contributed by atoms with Crippen LogP contribution in [0.15, 0.2) is 42.5 Å². The molecule has 1 saturated heterocycles. The number of nitrogens with two attached hydrogens (primary N) is 1. The van der Waals surface area contributed by atoms with E-state index in [1.165, 1.54) is 0 Å². The number of amides is 1. The summed E-state index contributed by atoms with van der Waals surface area (Å²) in [7, 11) is 0. The summed E-state index contributed by atoms with van der Waals surface area (Å²) in [5.74, 6) is -0.381. The molecule has 162 valence electrons. The van der Waals surface area contributed by atoms with Crippen LogP contribution < -0.4 is 5.73 Å². The number of carbonyl (C=O) groups is 2. The van der Waals surface area contributed by atoms with Gasteiger partial charge in [0.2, 0.25) is 5.95 Å². The molecule has 0 bridgehead atoms. The number of aliphatic hydroxyl groups is 1. The van der Waals surface area contributed by atoms with Crippen LogP contribution in [0.3, 0.4) is 0 Å². The van der Waals surface area contributed by atoms with Gasteiger partial charge in [-0.25, -0.2) is 4.52 Å². The molecule has 1 saturated carbocycles. The first kappa shape index (κ1) is 20.8. The number of aromatic nitrogens is 3. The summed E-state index contributed by atoms with van der Waals surface area (Å²) in [6.07, 6.45) is 2.78. The largest absolute Gasteiger partial charge is 0.481 e. The van der Waals surface area contributed by atoms with E-state index in [2.05, 4.69) is 10.1 Å². The van der Waals surface area contributed by atoms with E-state index in [1.807, 2.05) is 42.5 Å². The van der Waals surface area contributed by atoms with Crippen LogP contribution in [0.1, 0.15) is 36.0 Å². The van der Waals surface area contributed by atoms with Crippen LogP contribution in [-0.4, -0.2) is 60.8 Å². The van der Waals surface area contributed by atoms with Crippen molar-refractivity contribution < 1.29 is 19.8 Å². The lowest BCUT2D eigenvalue weighted by Crippen LogP contribution is -2.40. The topological polar surface area (TPSA) is 134 Å². The van der Waals surface area contributed by atoms with Crippen molar-refractivity contribution in [1.29, 1.82) is 0 Å². The molecular formula is C22H25N5O4. The highest BCUT2D eigenvalue weighted by molar-refractivity contribution is 5.94. The SMILES string of the molecule is Nc1nc2cccc(-c3ccc(C(=O)N4CCC(O)CC4)cc3)n2n1.O=C(O)C1CC1. The normalized spacial score (nSPS) is 16.6. The van der Waals surface area contributed by atoms with Gasteiger partial charge in [0, 0.05) is 24.2 Å². The number of nitrogens with zero attached hydrogens (tertiary/aromatic N) is 4. The van der Waals surface area contributed by atoms with Crippen molar-refractivity contribution in [2.75, 3.05) is 18.8 Å². The Balaban J connectivity index is 0.000000334. The maximum absolute atomic E-state index is 12.6. The number of rotatable bonds is 3. The molecule has 0 radical (unpaired) electrons. The van der Waals surface area contributed by atoms with Crippen molar-refractivity contribution in [3.05, 3.63) is 48.0 Å². The quantitative estimate of drug-likeness (QED) is 0.587. The monoisotopic (exact) mass is 423 g/mol. The molecule has 0 atom stereocenters. The molecule has 3 aromatic rings. The summed E-state index contributed by atoms with van der Waals surface area (Å²) in [6.45, 7) is 1.19. The van der Waals surface area contributed by atoms with Crippen molar-refractivity contribution in [3.8, 4) is 11.3 Å². The molecule has 1 aromatic carbocycles. The van der Waals surface area contributed by atoms with Gasteiger partial charge in [-0.05, 0) is 49.9 Å². The Morgan fingerprint density at radius 3 is 2.26 bits per heavy atom. The van der Waals surface area contributed by atoms with Crippen LogP contribution in [0.2, 0.25) is 0 Å². The Morgan fingerprint density at radius 2 is 1.68 bits per heavy atom. The lowest BCUT2D eigenvalue weighted by atomic mass is 10.0. The molecule has 1 aliphatic carbocycles. The predicted octanol–water partition coefficient (Wildman–Crippen LogP) is 2.06. The number of benzene rings is 1. The van der Waals surface area contributed by atoms with Crippen LogP contribution in [-0.2, 0) is 4.79 Å². The van der Waals surface area contributed by atoms with E-state index in [0.29, 0.717) is 37.1 Å². The number of aliphatic carboxylic acids is 1. The number of hydrogen-bond donors (Lipinski definition) is 3. The van der Waals surface area contributed by atoms with Crippen molar-refractivity contribution in [1.82, 2.24) is 19.5 Å². The van der Waals surface area contributed by atoms with E-state index in [-0.39, 0.29) is 23.9 Å². The van der Waals surface area contributed by atoms with Crippen LogP contribution in [0.5, 0.6) is 0 Å². The van der Waals surface area contributed by atoms with Gasteiger partial charge in [-0.15, -0.1) is 5.10 Å². The molecule has 4 N–H and O–H groups in total. The lowest BCUT2D eigenvalue weighted by molar-refractivity contribution is -0.138. The number of carboxylic acid groups (broad SMARTS) is 1. The number of anilines is 1. The molecule has 1 aliphatic heterocycles. The minimum atomic E-state index is -0.630. The van der Waals surface area contributed by atoms with Crippen LogP contribution in [0.4, 0.5) is 5.95 Å². The first-order chi connectivity index (χ1) is 14.9. The van der Waals surface area contributed by atoms with E-state index in [0.717, 1.165) is 24.1 Å². The summed E-state index contributed by atoms with van der Waals surface area (Å²) < 4.78 is 1.69. The Bertz CT molecular complexity index is 1080. The smallest absolute Gasteiger partial charge is 0.306 e. The standard InChI is InChI=1S/C18H19N5O2.C4H6O2/c19-18-20-16-3-1-2-15(23(16)21-18)12-4-6-13(7-5-12)17(25)22-10-8-14(24)9-11-22;5-4(6)3-1-2-3/h1-7,14,24H,8-11H2,(H2,19,21);3H,1-2H2,(H,5,6). The third kappa shape index (κ3) is 4.83. The Hall–Kier alpha value is -3.46. The second-order valence-corrected chi connectivity index (χ2v) is 7.86. The van der Waals surface area contributed by atoms with Crippen LogP contribution in [0.25, 0.3) is 16.9 Å². The number of hydrogen-bond acceptors (Lipinski definition) is 6. The number of fused-ring (bicyclic) bond motifs is 1. The van der Waals surface area contributed by atoms with Crippen LogP contribution >= 0.6 is 0 Å². The van der Waals surface area contributed by atoms with E-state index >= 15 is 0 Å². The third-order valence-corrected chi connectivity index (χ3v) is 5.48. The molecule has 2 aliphatic rings. The van der Waals surface area contributed by atoms with Gasteiger partial charge in [-0.3, -0.25) is 9.59 Å². The average molecular weight is 423 g/mol. The van der Waals surface area contributed by atoms with E-state index in [4.69, 9.17) is 10.8 Å². The predicted molar refractivity (Wildman–Crippen MR) is 114 cm³/mol. The van der Waals surface area contributed by atoms with Gasteiger partial charge in [-0.2, -0.15) is 4.98 Å². The molecule has 0 spiro atoms. The Labute approximate surface area is 179 Å². The van der Waals surface area contributed by atoms with Gasteiger partial charge < -0.3 is 20.8 Å². The fraction of sp³-hybridized carbons (Fsp3) is 0.364. The number of carbonyl (C=O) groups excluding carboxylic acids is 1. The number of carboxylic acids is 1. The molecule has 0 unspecified atom stereocenters. The molecule has 5 rings (SSSR count). The van der Waals surface area contributed by atoms with Crippen LogP contribution in [0, 0.1) is 5.92 Å². The third-order valence-electron chi connectivity index (χ3n) is 5.48. The number of pyridine rings is 1. The molecule has 2 aromatic heterocycles. The number of likely N-dealkylation sites (tertiary alicyclic amines) is 1. The summed E-state index contributed by atoms with van der Waals surface area (Å²) in [6, 6.07) is 13.1. The lowest BCUT2D eigenvalue weighted by Gasteiger charge is -2.29. The molecule has 2 fully saturated rings. The summed E-state index contributed by atoms with van der Waals surface area (Å²) in [4.78, 5) is 28.3. The van der Waals surface area contributed by atoms with Crippen molar-refractivity contribution in [2.45, 2.75) is 31.8 Å². The molecule has 9 nitrogen and oxygen atoms in total. The van der Waals surface area contributed by atoms with Gasteiger partial charge >= 0.3 is 5.97 Å². The first-order valence-electron chi connectivity index (χ1n) is 10.3. The molecule has 31 heavy (non-hydrogen) atoms. The summed E-state index contributed by atoms with van der Waals surface area (Å²) in [5.41, 5.74) is 8.80. The zero-order valence-corrected chi connectivity index (χ0v) is 17.0. The Kier molecular flexibility index (Phi) is 5.85. The van der Waals surface area contributed by atoms with Crippen molar-refractivity contribution in [2.24, 2.45) is 5.92 Å². The maximum atomic E-state index is 12.6. The fourth-order valence-corrected chi connectivity index (χ4v) is 3.51. The van der Waals surface area contributed by atoms with Gasteiger partial charge in [0.15, 0.2) is 5.65 Å². The minimum Gasteiger partial charge on any atom is -0.481 e. The molecule has 9 heteroatoms. The number of nitrogen functional groups attached to an aromatic ring is 1. The Morgan fingerprint density at radius 1 is 1.00 bits per heavy atom. The van der Waals surface area contributed by atoms with Crippen molar-refractivity contribution in [3.63, 3.8) is 0 Å². The molecule has 3 heterocycles. The maximum Gasteiger partial charge on any atom is 0.306 e. The number of piperidine rings is 1. The van der Waals surface area contributed by atoms with E-state index < -0.39 is 5.97 Å². The second-order valence-electron chi connectivity index (χ2n) is 7.86. The highest BCUT2D eigenvalue weighted by Gasteiger charge is 2.28. The van der Waals surface area contributed by atoms with Gasteiger partial charge in [0.05, 0.1) is 17.7 Å². The minimum absolute atomic E-state index is 0.00154. The molecular weight excluding hydrogens is 398 g/mol. The van der Waals surface area contributed by atoms with E-state index in [1.54, 1.807) is 9.42 Å². The highest BCUT2D eigenvalue weighted by atomic mass is 16.4. The zero-order chi connectivity index (χ0) is 22.0. The zero-order valence-electron chi connectivity index (χ0n) is 17.0. The second kappa shape index (κ2) is 8.73. The van der Waals surface area contributed by atoms with Gasteiger partial charge in [-0.1, -0.05) is 18.2 Å². The average Bonchev–Trinajstić information content (AvgIpc) is 3.55. The first-order valence-corrected chi connectivity index (χ1v) is 10.3. The fourth-order valence-electron chi connectivity index (χ4n) is 3.51. The summed E-state index contributed by atoms with van der Waals surface area (Å²) >= 11 is 0. The van der Waals surface area contributed by atoms with Crippen molar-refractivity contribution >= 4 is 23.5 Å². The van der Waals surface area contributed by atoms with Gasteiger partial charge in [0.25, 0.3) is 5.91 Å². The van der Waals surface area contributed by atoms with Gasteiger partial charge in [0.1, 0.15) is 0 Å².